The Morgan fingerprint density at radius 3 is 3.00 bits per heavy atom. The van der Waals surface area contributed by atoms with E-state index < -0.39 is 5.91 Å². The molecule has 0 bridgehead atoms. The third-order valence-corrected chi connectivity index (χ3v) is 2.29. The number of nitrogens with two attached hydrogens (primary N) is 2. The highest BCUT2D eigenvalue weighted by Crippen LogP contribution is 2.27. The number of nitrogen functional groups attached to an aromatic ring is 1. The molecule has 6 nitrogen and oxygen atoms in total. The minimum absolute atomic E-state index is 0.161. The fraction of sp³-hybridized carbons (Fsp3) is 0.0909. The number of ether oxygens (including phenoxy) is 1. The predicted octanol–water partition coefficient (Wildman–Crippen LogP) is 0.186. The Hall–Kier alpha value is -2.34. The van der Waals surface area contributed by atoms with Gasteiger partial charge in [0.2, 0.25) is 0 Å². The number of carbonyl (C=O) groups excluding carboxylic acids is 1. The number of pyridine rings is 1. The van der Waals surface area contributed by atoms with Gasteiger partial charge in [-0.1, -0.05) is 0 Å². The quantitative estimate of drug-likeness (QED) is 0.303. The Bertz CT molecular complexity index is 556. The highest BCUT2D eigenvalue weighted by molar-refractivity contribution is 5.94. The lowest BCUT2D eigenvalue weighted by molar-refractivity contribution is -0.123. The van der Waals surface area contributed by atoms with Crippen LogP contribution in [0.15, 0.2) is 30.5 Å². The van der Waals surface area contributed by atoms with Crippen molar-refractivity contribution in [3.8, 4) is 5.75 Å². The first-order valence-electron chi connectivity index (χ1n) is 4.98. The van der Waals surface area contributed by atoms with Crippen LogP contribution in [0.4, 0.5) is 5.69 Å². The monoisotopic (exact) mass is 232 g/mol. The van der Waals surface area contributed by atoms with E-state index in [1.54, 1.807) is 24.4 Å². The fourth-order valence-corrected chi connectivity index (χ4v) is 1.47. The highest BCUT2D eigenvalue weighted by atomic mass is 16.5. The summed E-state index contributed by atoms with van der Waals surface area (Å²) in [5.74, 6) is 5.05. The van der Waals surface area contributed by atoms with Gasteiger partial charge in [0.05, 0.1) is 0 Å². The molecule has 0 saturated carbocycles. The second-order valence-corrected chi connectivity index (χ2v) is 3.41. The van der Waals surface area contributed by atoms with Gasteiger partial charge in [0.1, 0.15) is 11.3 Å². The van der Waals surface area contributed by atoms with Crippen LogP contribution in [0, 0.1) is 0 Å². The summed E-state index contributed by atoms with van der Waals surface area (Å²) >= 11 is 0. The molecule has 0 aliphatic rings. The van der Waals surface area contributed by atoms with Gasteiger partial charge in [0.15, 0.2) is 6.61 Å². The molecule has 0 aliphatic carbocycles. The number of nitrogens with one attached hydrogen (secondary N) is 1. The van der Waals surface area contributed by atoms with Crippen LogP contribution in [0.2, 0.25) is 0 Å². The van der Waals surface area contributed by atoms with Gasteiger partial charge in [0, 0.05) is 17.3 Å². The van der Waals surface area contributed by atoms with E-state index in [-0.39, 0.29) is 6.61 Å². The summed E-state index contributed by atoms with van der Waals surface area (Å²) in [4.78, 5) is 15.2. The molecule has 2 aromatic rings. The van der Waals surface area contributed by atoms with Crippen LogP contribution in [-0.2, 0) is 4.79 Å². The SMILES string of the molecule is NNC(=O)COc1ccc(N)c2cccnc12. The van der Waals surface area contributed by atoms with Crippen LogP contribution in [0.25, 0.3) is 10.9 Å². The van der Waals surface area contributed by atoms with E-state index in [0.29, 0.717) is 17.0 Å². The van der Waals surface area contributed by atoms with E-state index in [4.69, 9.17) is 16.3 Å². The Kier molecular flexibility index (Phi) is 3.06. The number of anilines is 1. The maximum atomic E-state index is 11.0. The zero-order valence-electron chi connectivity index (χ0n) is 9.01. The molecule has 1 aromatic carbocycles. The Balaban J connectivity index is 2.35. The summed E-state index contributed by atoms with van der Waals surface area (Å²) in [7, 11) is 0. The number of amides is 1. The molecule has 17 heavy (non-hydrogen) atoms. The van der Waals surface area contributed by atoms with Crippen molar-refractivity contribution >= 4 is 22.5 Å². The number of hydrazine groups is 1. The second kappa shape index (κ2) is 4.67. The molecule has 0 fully saturated rings. The van der Waals surface area contributed by atoms with Gasteiger partial charge in [0.25, 0.3) is 5.91 Å². The normalized spacial score (nSPS) is 10.2. The van der Waals surface area contributed by atoms with Crippen molar-refractivity contribution in [2.45, 2.75) is 0 Å². The number of nitrogens with zero attached hydrogens (tertiary/aromatic N) is 1. The summed E-state index contributed by atoms with van der Waals surface area (Å²) in [5.41, 5.74) is 9.04. The molecular weight excluding hydrogens is 220 g/mol. The summed E-state index contributed by atoms with van der Waals surface area (Å²) < 4.78 is 5.32. The largest absolute Gasteiger partial charge is 0.481 e. The lowest BCUT2D eigenvalue weighted by atomic mass is 10.2. The molecule has 1 heterocycles. The number of fused-ring (bicyclic) bond motifs is 1. The molecule has 2 rings (SSSR count). The van der Waals surface area contributed by atoms with Crippen molar-refractivity contribution in [1.29, 1.82) is 0 Å². The number of benzene rings is 1. The minimum Gasteiger partial charge on any atom is -0.481 e. The minimum atomic E-state index is -0.411. The summed E-state index contributed by atoms with van der Waals surface area (Å²) in [6.07, 6.45) is 1.64. The van der Waals surface area contributed by atoms with E-state index in [1.165, 1.54) is 0 Å². The Labute approximate surface area is 97.5 Å². The van der Waals surface area contributed by atoms with Crippen molar-refractivity contribution in [1.82, 2.24) is 10.4 Å². The molecule has 0 radical (unpaired) electrons. The number of hydrogen-bond acceptors (Lipinski definition) is 5. The third-order valence-electron chi connectivity index (χ3n) is 2.29. The molecule has 6 heteroatoms. The molecule has 0 atom stereocenters. The van der Waals surface area contributed by atoms with Gasteiger partial charge in [-0.15, -0.1) is 0 Å². The molecule has 0 unspecified atom stereocenters. The van der Waals surface area contributed by atoms with Crippen LogP contribution in [-0.4, -0.2) is 17.5 Å². The number of rotatable bonds is 3. The fourth-order valence-electron chi connectivity index (χ4n) is 1.47. The van der Waals surface area contributed by atoms with Gasteiger partial charge < -0.3 is 10.5 Å². The van der Waals surface area contributed by atoms with Crippen LogP contribution in [0.5, 0.6) is 5.75 Å². The molecule has 5 N–H and O–H groups in total. The van der Waals surface area contributed by atoms with E-state index in [1.807, 2.05) is 11.5 Å². The topological polar surface area (TPSA) is 103 Å². The van der Waals surface area contributed by atoms with Crippen molar-refractivity contribution in [2.75, 3.05) is 12.3 Å². The van der Waals surface area contributed by atoms with E-state index in [0.717, 1.165) is 5.39 Å². The summed E-state index contributed by atoms with van der Waals surface area (Å²) in [6.45, 7) is -0.161. The van der Waals surface area contributed by atoms with Gasteiger partial charge in [-0.05, 0) is 24.3 Å². The van der Waals surface area contributed by atoms with Crippen LogP contribution in [0.3, 0.4) is 0 Å². The van der Waals surface area contributed by atoms with E-state index in [2.05, 4.69) is 4.98 Å². The first-order valence-corrected chi connectivity index (χ1v) is 4.98. The van der Waals surface area contributed by atoms with Crippen molar-refractivity contribution in [2.24, 2.45) is 5.84 Å². The van der Waals surface area contributed by atoms with E-state index in [9.17, 15) is 4.79 Å². The lowest BCUT2D eigenvalue weighted by Crippen LogP contribution is -2.34. The molecule has 1 aromatic heterocycles. The molecule has 0 saturated heterocycles. The van der Waals surface area contributed by atoms with Gasteiger partial charge in [-0.25, -0.2) is 5.84 Å². The maximum Gasteiger partial charge on any atom is 0.271 e. The van der Waals surface area contributed by atoms with E-state index >= 15 is 0 Å². The van der Waals surface area contributed by atoms with Crippen LogP contribution in [0.1, 0.15) is 0 Å². The smallest absolute Gasteiger partial charge is 0.271 e. The zero-order chi connectivity index (χ0) is 12.3. The van der Waals surface area contributed by atoms with Crippen molar-refractivity contribution in [3.63, 3.8) is 0 Å². The first-order chi connectivity index (χ1) is 8.22. The Morgan fingerprint density at radius 2 is 2.24 bits per heavy atom. The Morgan fingerprint density at radius 1 is 1.41 bits per heavy atom. The molecule has 88 valence electrons. The average Bonchev–Trinajstić information content (AvgIpc) is 2.38. The van der Waals surface area contributed by atoms with Crippen LogP contribution >= 0.6 is 0 Å². The molecular formula is C11H12N4O2. The second-order valence-electron chi connectivity index (χ2n) is 3.41. The number of carbonyl (C=O) groups is 1. The molecule has 0 aliphatic heterocycles. The molecule has 0 spiro atoms. The highest BCUT2D eigenvalue weighted by Gasteiger charge is 2.07. The van der Waals surface area contributed by atoms with Gasteiger partial charge in [-0.2, -0.15) is 0 Å². The maximum absolute atomic E-state index is 11.0. The standard InChI is InChI=1S/C11H12N4O2/c12-8-3-4-9(17-6-10(16)15-13)11-7(8)2-1-5-14-11/h1-5H,6,12-13H2,(H,15,16). The zero-order valence-corrected chi connectivity index (χ0v) is 9.01. The molecule has 1 amide bonds. The average molecular weight is 232 g/mol. The van der Waals surface area contributed by atoms with Gasteiger partial charge in [-0.3, -0.25) is 15.2 Å². The first kappa shape index (κ1) is 11.2. The summed E-state index contributed by atoms with van der Waals surface area (Å²) in [6, 6.07) is 7.01. The predicted molar refractivity (Wildman–Crippen MR) is 64.0 cm³/mol. The lowest BCUT2D eigenvalue weighted by Gasteiger charge is -2.09. The van der Waals surface area contributed by atoms with Crippen LogP contribution < -0.4 is 21.7 Å². The third kappa shape index (κ3) is 2.26. The van der Waals surface area contributed by atoms with Crippen molar-refractivity contribution in [3.05, 3.63) is 30.5 Å². The number of hydrogen-bond donors (Lipinski definition) is 3. The number of aromatic nitrogens is 1. The van der Waals surface area contributed by atoms with Crippen molar-refractivity contribution < 1.29 is 9.53 Å². The van der Waals surface area contributed by atoms with Gasteiger partial charge >= 0.3 is 0 Å². The summed E-state index contributed by atoms with van der Waals surface area (Å²) in [5, 5.41) is 0.790.